The summed E-state index contributed by atoms with van der Waals surface area (Å²) in [5.74, 6) is 0.916. The van der Waals surface area contributed by atoms with Gasteiger partial charge in [0.1, 0.15) is 0 Å². The monoisotopic (exact) mass is 523 g/mol. The molecule has 2 heterocycles. The molecule has 1 aliphatic carbocycles. The van der Waals surface area contributed by atoms with Gasteiger partial charge in [-0.05, 0) is 26.7 Å². The van der Waals surface area contributed by atoms with E-state index in [1.807, 2.05) is 7.05 Å². The first-order chi connectivity index (χ1) is 13.6. The Kier molecular flexibility index (Phi) is 10.4. The van der Waals surface area contributed by atoms with Crippen LogP contribution >= 0.6 is 24.0 Å². The van der Waals surface area contributed by atoms with Crippen LogP contribution in [0.5, 0.6) is 0 Å². The molecule has 170 valence electrons. The van der Waals surface area contributed by atoms with E-state index in [2.05, 4.69) is 39.3 Å². The van der Waals surface area contributed by atoms with Crippen molar-refractivity contribution in [2.24, 2.45) is 4.99 Å². The van der Waals surface area contributed by atoms with Gasteiger partial charge < -0.3 is 20.1 Å². The lowest BCUT2D eigenvalue weighted by molar-refractivity contribution is -0.0353. The quantitative estimate of drug-likeness (QED) is 0.315. The summed E-state index contributed by atoms with van der Waals surface area (Å²) in [7, 11) is 1.87. The van der Waals surface area contributed by atoms with Crippen molar-refractivity contribution < 1.29 is 9.47 Å². The van der Waals surface area contributed by atoms with Gasteiger partial charge in [0.25, 0.3) is 0 Å². The van der Waals surface area contributed by atoms with Crippen molar-refractivity contribution in [1.82, 2.24) is 20.4 Å². The number of hydrogen-bond acceptors (Lipinski definition) is 5. The van der Waals surface area contributed by atoms with Crippen molar-refractivity contribution in [2.75, 3.05) is 72.7 Å². The van der Waals surface area contributed by atoms with Gasteiger partial charge in [0.05, 0.1) is 26.4 Å². The molecule has 8 heteroatoms. The third-order valence-electron chi connectivity index (χ3n) is 6.83. The highest BCUT2D eigenvalue weighted by atomic mass is 127. The molecule has 3 rings (SSSR count). The van der Waals surface area contributed by atoms with E-state index < -0.39 is 0 Å². The van der Waals surface area contributed by atoms with Crippen molar-refractivity contribution in [3.05, 3.63) is 0 Å². The smallest absolute Gasteiger partial charge is 0.191 e. The second kappa shape index (κ2) is 12.0. The van der Waals surface area contributed by atoms with E-state index in [1.54, 1.807) is 0 Å². The topological polar surface area (TPSA) is 61.4 Å². The second-order valence-corrected chi connectivity index (χ2v) is 9.08. The molecule has 3 aliphatic rings. The minimum Gasteiger partial charge on any atom is -0.379 e. The van der Waals surface area contributed by atoms with Crippen LogP contribution in [0.1, 0.15) is 46.0 Å². The largest absolute Gasteiger partial charge is 0.379 e. The van der Waals surface area contributed by atoms with Crippen LogP contribution in [-0.2, 0) is 9.47 Å². The Bertz CT molecular complexity index is 499. The molecule has 0 aromatic carbocycles. The predicted molar refractivity (Wildman–Crippen MR) is 129 cm³/mol. The summed E-state index contributed by atoms with van der Waals surface area (Å²) in [4.78, 5) is 9.69. The molecule has 0 bridgehead atoms. The molecular weight excluding hydrogens is 481 g/mol. The van der Waals surface area contributed by atoms with Gasteiger partial charge in [0.15, 0.2) is 5.96 Å². The van der Waals surface area contributed by atoms with Gasteiger partial charge >= 0.3 is 0 Å². The van der Waals surface area contributed by atoms with E-state index in [0.29, 0.717) is 0 Å². The van der Waals surface area contributed by atoms with Crippen LogP contribution in [-0.4, -0.2) is 99.6 Å². The summed E-state index contributed by atoms with van der Waals surface area (Å²) in [6.07, 6.45) is 6.57. The van der Waals surface area contributed by atoms with Crippen LogP contribution in [0.15, 0.2) is 4.99 Å². The Morgan fingerprint density at radius 3 is 2.10 bits per heavy atom. The van der Waals surface area contributed by atoms with Crippen molar-refractivity contribution >= 4 is 29.9 Å². The Hall–Kier alpha value is -0.160. The van der Waals surface area contributed by atoms with Crippen LogP contribution in [0.4, 0.5) is 0 Å². The molecule has 2 aliphatic heterocycles. The fourth-order valence-electron chi connectivity index (χ4n) is 4.90. The van der Waals surface area contributed by atoms with Gasteiger partial charge in [0, 0.05) is 57.4 Å². The number of nitrogens with one attached hydrogen (secondary N) is 2. The summed E-state index contributed by atoms with van der Waals surface area (Å²) >= 11 is 0. The van der Waals surface area contributed by atoms with Crippen molar-refractivity contribution in [3.8, 4) is 0 Å². The molecule has 2 saturated heterocycles. The highest BCUT2D eigenvalue weighted by molar-refractivity contribution is 14.0. The summed E-state index contributed by atoms with van der Waals surface area (Å²) in [5, 5.41) is 7.25. The minimum absolute atomic E-state index is 0. The van der Waals surface area contributed by atoms with E-state index in [-0.39, 0.29) is 35.1 Å². The maximum Gasteiger partial charge on any atom is 0.191 e. The molecule has 0 atom stereocenters. The van der Waals surface area contributed by atoms with Gasteiger partial charge in [-0.15, -0.1) is 24.0 Å². The number of hydrogen-bond donors (Lipinski definition) is 2. The van der Waals surface area contributed by atoms with Gasteiger partial charge in [0.2, 0.25) is 0 Å². The Labute approximate surface area is 194 Å². The average Bonchev–Trinajstić information content (AvgIpc) is 2.76. The number of aliphatic imine (C=N–C) groups is 1. The van der Waals surface area contributed by atoms with E-state index >= 15 is 0 Å². The fraction of sp³-hybridized carbons (Fsp3) is 0.952. The number of ether oxygens (including phenoxy) is 2. The number of guanidine groups is 1. The van der Waals surface area contributed by atoms with Crippen LogP contribution in [0, 0.1) is 0 Å². The van der Waals surface area contributed by atoms with Gasteiger partial charge in [-0.1, -0.05) is 19.3 Å². The fourth-order valence-corrected chi connectivity index (χ4v) is 4.90. The van der Waals surface area contributed by atoms with E-state index in [9.17, 15) is 0 Å². The van der Waals surface area contributed by atoms with Crippen LogP contribution in [0.3, 0.4) is 0 Å². The van der Waals surface area contributed by atoms with Gasteiger partial charge in [-0.25, -0.2) is 0 Å². The zero-order valence-electron chi connectivity index (χ0n) is 18.7. The summed E-state index contributed by atoms with van der Waals surface area (Å²) in [6.45, 7) is 13.9. The van der Waals surface area contributed by atoms with Crippen LogP contribution < -0.4 is 10.6 Å². The normalized spacial score (nSPS) is 24.6. The van der Waals surface area contributed by atoms with E-state index in [4.69, 9.17) is 9.47 Å². The minimum atomic E-state index is 0. The third kappa shape index (κ3) is 6.92. The molecule has 1 saturated carbocycles. The maximum absolute atomic E-state index is 5.60. The lowest BCUT2D eigenvalue weighted by Crippen LogP contribution is -2.61. The van der Waals surface area contributed by atoms with Gasteiger partial charge in [-0.3, -0.25) is 14.8 Å². The first-order valence-corrected chi connectivity index (χ1v) is 11.2. The summed E-state index contributed by atoms with van der Waals surface area (Å²) in [6, 6.07) is 0. The molecule has 0 spiro atoms. The van der Waals surface area contributed by atoms with Crippen molar-refractivity contribution in [2.45, 2.75) is 57.0 Å². The first-order valence-electron chi connectivity index (χ1n) is 11.2. The maximum atomic E-state index is 5.60. The van der Waals surface area contributed by atoms with Crippen molar-refractivity contribution in [1.29, 1.82) is 0 Å². The van der Waals surface area contributed by atoms with Crippen molar-refractivity contribution in [3.63, 3.8) is 0 Å². The predicted octanol–water partition coefficient (Wildman–Crippen LogP) is 1.92. The zero-order chi connectivity index (χ0) is 19.9. The molecule has 0 radical (unpaired) electrons. The Morgan fingerprint density at radius 2 is 1.52 bits per heavy atom. The van der Waals surface area contributed by atoms with Gasteiger partial charge in [-0.2, -0.15) is 0 Å². The number of halogens is 1. The highest BCUT2D eigenvalue weighted by Crippen LogP contribution is 2.33. The first kappa shape index (κ1) is 25.1. The number of nitrogens with zero attached hydrogens (tertiary/aromatic N) is 3. The lowest BCUT2D eigenvalue weighted by Gasteiger charge is -2.48. The molecule has 0 aromatic rings. The molecule has 7 nitrogen and oxygen atoms in total. The molecule has 0 amide bonds. The van der Waals surface area contributed by atoms with Crippen LogP contribution in [0.2, 0.25) is 0 Å². The number of rotatable bonds is 6. The van der Waals surface area contributed by atoms with Crippen LogP contribution in [0.25, 0.3) is 0 Å². The molecular formula is C21H42IN5O2. The molecule has 29 heavy (non-hydrogen) atoms. The molecule has 3 fully saturated rings. The molecule has 0 unspecified atom stereocenters. The third-order valence-corrected chi connectivity index (χ3v) is 6.83. The van der Waals surface area contributed by atoms with E-state index in [0.717, 1.165) is 71.7 Å². The molecule has 0 aromatic heterocycles. The zero-order valence-corrected chi connectivity index (χ0v) is 21.0. The number of morpholine rings is 2. The Morgan fingerprint density at radius 1 is 0.931 bits per heavy atom. The highest BCUT2D eigenvalue weighted by Gasteiger charge is 2.38. The lowest BCUT2D eigenvalue weighted by atomic mass is 9.80. The molecule has 2 N–H and O–H groups in total. The SMILES string of the molecule is CN=C(NCC(C)(C)N1CCOCC1)NCC1(N2CCOCC2)CCCCC1.I. The van der Waals surface area contributed by atoms with E-state index in [1.165, 1.54) is 32.1 Å². The standard InChI is InChI=1S/C21H41N5O2.HI/c1-20(2,25-9-13-27-14-10-25)17-23-19(22-3)24-18-21(7-5-4-6-8-21)26-11-15-28-16-12-26;/h4-18H2,1-3H3,(H2,22,23,24);1H. The second-order valence-electron chi connectivity index (χ2n) is 9.08. The average molecular weight is 524 g/mol. The summed E-state index contributed by atoms with van der Waals surface area (Å²) < 4.78 is 11.1. The Balaban J connectivity index is 0.00000300. The summed E-state index contributed by atoms with van der Waals surface area (Å²) in [5.41, 5.74) is 0.327.